The first-order valence-corrected chi connectivity index (χ1v) is 11.5. The fraction of sp³-hybridized carbons (Fsp3) is 0.161. The third-order valence-corrected chi connectivity index (χ3v) is 7.34. The quantitative estimate of drug-likeness (QED) is 0.366. The van der Waals surface area contributed by atoms with E-state index in [0.29, 0.717) is 23.5 Å². The Morgan fingerprint density at radius 1 is 0.562 bits per heavy atom. The topological polar surface area (TPSA) is 20.2 Å². The van der Waals surface area contributed by atoms with E-state index < -0.39 is 0 Å². The molecule has 3 unspecified atom stereocenters. The Hall–Kier alpha value is -3.58. The van der Waals surface area contributed by atoms with Crippen LogP contribution in [0.5, 0.6) is 5.75 Å². The van der Waals surface area contributed by atoms with Crippen LogP contribution in [-0.4, -0.2) is 5.11 Å². The number of hydrogen-bond acceptors (Lipinski definition) is 1. The van der Waals surface area contributed by atoms with Crippen molar-refractivity contribution in [3.63, 3.8) is 0 Å². The molecule has 0 aliphatic heterocycles. The average molecular weight is 415 g/mol. The maximum absolute atomic E-state index is 9.71. The second-order valence-electron chi connectivity index (χ2n) is 9.12. The Balaban J connectivity index is 1.38. The van der Waals surface area contributed by atoms with Gasteiger partial charge in [-0.15, -0.1) is 0 Å². The number of hydrogen-bond donors (Lipinski definition) is 1. The van der Waals surface area contributed by atoms with E-state index in [0.717, 1.165) is 12.8 Å². The van der Waals surface area contributed by atoms with E-state index in [1.165, 1.54) is 39.0 Å². The fourth-order valence-corrected chi connectivity index (χ4v) is 5.74. The van der Waals surface area contributed by atoms with Gasteiger partial charge in [-0.05, 0) is 81.7 Å². The van der Waals surface area contributed by atoms with Gasteiger partial charge in [-0.25, -0.2) is 0 Å². The summed E-state index contributed by atoms with van der Waals surface area (Å²) in [4.78, 5) is 0. The van der Waals surface area contributed by atoms with E-state index in [2.05, 4.69) is 84.9 Å². The lowest BCUT2D eigenvalue weighted by molar-refractivity contribution is 0.412. The number of rotatable bonds is 3. The minimum atomic E-state index is 0.325. The smallest absolute Gasteiger partial charge is 0.115 e. The molecular formula is C31H26O. The van der Waals surface area contributed by atoms with Crippen molar-refractivity contribution in [3.05, 3.63) is 131 Å². The summed E-state index contributed by atoms with van der Waals surface area (Å²) in [6.07, 6.45) is 4.66. The predicted molar refractivity (Wildman–Crippen MR) is 132 cm³/mol. The molecule has 0 amide bonds. The highest BCUT2D eigenvalue weighted by Crippen LogP contribution is 2.53. The zero-order chi connectivity index (χ0) is 21.5. The molecule has 6 rings (SSSR count). The standard InChI is InChI=1S/C31H26O/c32-27-16-14-23(15-17-27)26-19-30-28-9-5-4-8-25(28)18-29(31(30)20-26)24-12-10-22(11-13-24)21-6-2-1-3-7-21/h1-17,20,29-32H,18-19H2. The van der Waals surface area contributed by atoms with Crippen LogP contribution in [0, 0.1) is 5.92 Å². The average Bonchev–Trinajstić information content (AvgIpc) is 3.30. The van der Waals surface area contributed by atoms with Gasteiger partial charge in [-0.1, -0.05) is 97.1 Å². The Morgan fingerprint density at radius 3 is 2.00 bits per heavy atom. The number of phenols is 1. The van der Waals surface area contributed by atoms with Crippen LogP contribution in [0.4, 0.5) is 0 Å². The van der Waals surface area contributed by atoms with Crippen LogP contribution >= 0.6 is 0 Å². The van der Waals surface area contributed by atoms with E-state index in [-0.39, 0.29) is 0 Å². The molecule has 3 atom stereocenters. The van der Waals surface area contributed by atoms with Crippen molar-refractivity contribution >= 4 is 5.57 Å². The first-order chi connectivity index (χ1) is 15.8. The van der Waals surface area contributed by atoms with Crippen molar-refractivity contribution in [1.29, 1.82) is 0 Å². The van der Waals surface area contributed by atoms with Crippen molar-refractivity contribution in [2.75, 3.05) is 0 Å². The summed E-state index contributed by atoms with van der Waals surface area (Å²) >= 11 is 0. The van der Waals surface area contributed by atoms with Gasteiger partial charge in [-0.2, -0.15) is 0 Å². The normalized spacial score (nSPS) is 21.5. The van der Waals surface area contributed by atoms with Crippen molar-refractivity contribution in [2.24, 2.45) is 5.92 Å². The van der Waals surface area contributed by atoms with Crippen LogP contribution in [-0.2, 0) is 6.42 Å². The maximum Gasteiger partial charge on any atom is 0.115 e. The summed E-state index contributed by atoms with van der Waals surface area (Å²) in [6.45, 7) is 0. The van der Waals surface area contributed by atoms with Crippen LogP contribution in [0.2, 0.25) is 0 Å². The van der Waals surface area contributed by atoms with E-state index in [1.54, 1.807) is 12.1 Å². The van der Waals surface area contributed by atoms with E-state index in [4.69, 9.17) is 0 Å². The molecular weight excluding hydrogens is 388 g/mol. The molecule has 4 aromatic carbocycles. The molecule has 2 aliphatic carbocycles. The van der Waals surface area contributed by atoms with Gasteiger partial charge < -0.3 is 5.11 Å². The van der Waals surface area contributed by atoms with E-state index in [9.17, 15) is 5.11 Å². The van der Waals surface area contributed by atoms with Gasteiger partial charge in [-0.3, -0.25) is 0 Å². The van der Waals surface area contributed by atoms with Crippen molar-refractivity contribution in [2.45, 2.75) is 24.7 Å². The van der Waals surface area contributed by atoms with Gasteiger partial charge in [0, 0.05) is 0 Å². The SMILES string of the molecule is Oc1ccc(C2=CC3C(c4ccc(-c5ccccc5)cc4)Cc4ccccc4C3C2)cc1. The first kappa shape index (κ1) is 19.1. The maximum atomic E-state index is 9.71. The largest absolute Gasteiger partial charge is 0.508 e. The van der Waals surface area contributed by atoms with Crippen LogP contribution in [0.15, 0.2) is 109 Å². The Kier molecular flexibility index (Phi) is 4.69. The number of allylic oxidation sites excluding steroid dienone is 2. The number of phenolic OH excluding ortho intramolecular Hbond substituents is 1. The summed E-state index contributed by atoms with van der Waals surface area (Å²) in [6, 6.07) is 36.5. The number of benzene rings is 4. The monoisotopic (exact) mass is 414 g/mol. The lowest BCUT2D eigenvalue weighted by atomic mass is 9.68. The molecule has 0 bridgehead atoms. The van der Waals surface area contributed by atoms with Crippen molar-refractivity contribution in [3.8, 4) is 16.9 Å². The number of aromatic hydroxyl groups is 1. The van der Waals surface area contributed by atoms with Crippen LogP contribution in [0.3, 0.4) is 0 Å². The second kappa shape index (κ2) is 7.84. The van der Waals surface area contributed by atoms with E-state index in [1.807, 2.05) is 12.1 Å². The second-order valence-corrected chi connectivity index (χ2v) is 9.12. The molecule has 1 N–H and O–H groups in total. The van der Waals surface area contributed by atoms with Crippen molar-refractivity contribution < 1.29 is 5.11 Å². The van der Waals surface area contributed by atoms with Crippen LogP contribution < -0.4 is 0 Å². The highest BCUT2D eigenvalue weighted by atomic mass is 16.3. The summed E-state index contributed by atoms with van der Waals surface area (Å²) in [7, 11) is 0. The molecule has 1 heteroatoms. The highest BCUT2D eigenvalue weighted by Gasteiger charge is 2.40. The molecule has 156 valence electrons. The minimum Gasteiger partial charge on any atom is -0.508 e. The lowest BCUT2D eigenvalue weighted by Crippen LogP contribution is -2.24. The summed E-state index contributed by atoms with van der Waals surface area (Å²) < 4.78 is 0. The highest BCUT2D eigenvalue weighted by molar-refractivity contribution is 5.71. The predicted octanol–water partition coefficient (Wildman–Crippen LogP) is 7.59. The zero-order valence-electron chi connectivity index (χ0n) is 18.0. The zero-order valence-corrected chi connectivity index (χ0v) is 18.0. The van der Waals surface area contributed by atoms with Gasteiger partial charge in [0.25, 0.3) is 0 Å². The first-order valence-electron chi connectivity index (χ1n) is 11.5. The molecule has 0 fully saturated rings. The molecule has 2 aliphatic rings. The van der Waals surface area contributed by atoms with Gasteiger partial charge >= 0.3 is 0 Å². The van der Waals surface area contributed by atoms with Gasteiger partial charge in [0.2, 0.25) is 0 Å². The van der Waals surface area contributed by atoms with Gasteiger partial charge in [0.15, 0.2) is 0 Å². The Morgan fingerprint density at radius 2 is 1.22 bits per heavy atom. The minimum absolute atomic E-state index is 0.325. The summed E-state index contributed by atoms with van der Waals surface area (Å²) in [5.41, 5.74) is 9.61. The fourth-order valence-electron chi connectivity index (χ4n) is 5.74. The molecule has 0 spiro atoms. The Labute approximate surface area is 189 Å². The Bertz CT molecular complexity index is 1270. The molecule has 0 radical (unpaired) electrons. The summed E-state index contributed by atoms with van der Waals surface area (Å²) in [5.74, 6) is 1.82. The molecule has 32 heavy (non-hydrogen) atoms. The third kappa shape index (κ3) is 3.35. The molecule has 0 saturated heterocycles. The molecule has 0 saturated carbocycles. The summed E-state index contributed by atoms with van der Waals surface area (Å²) in [5, 5.41) is 9.71. The van der Waals surface area contributed by atoms with E-state index >= 15 is 0 Å². The van der Waals surface area contributed by atoms with Crippen LogP contribution in [0.25, 0.3) is 16.7 Å². The van der Waals surface area contributed by atoms with Gasteiger partial charge in [0.05, 0.1) is 0 Å². The third-order valence-electron chi connectivity index (χ3n) is 7.34. The molecule has 0 aromatic heterocycles. The molecule has 4 aromatic rings. The number of fused-ring (bicyclic) bond motifs is 3. The van der Waals surface area contributed by atoms with Crippen molar-refractivity contribution in [1.82, 2.24) is 0 Å². The molecule has 1 nitrogen and oxygen atoms in total. The van der Waals surface area contributed by atoms with Crippen LogP contribution in [0.1, 0.15) is 40.5 Å². The lowest BCUT2D eigenvalue weighted by Gasteiger charge is -2.36. The molecule has 0 heterocycles. The van der Waals surface area contributed by atoms with Gasteiger partial charge in [0.1, 0.15) is 5.75 Å².